The maximum atomic E-state index is 12.4. The summed E-state index contributed by atoms with van der Waals surface area (Å²) < 4.78 is 63.4. The van der Waals surface area contributed by atoms with Crippen LogP contribution in [0, 0.1) is 0 Å². The third-order valence-electron chi connectivity index (χ3n) is 1.69. The van der Waals surface area contributed by atoms with E-state index in [0.717, 1.165) is 6.92 Å². The monoisotopic (exact) mass is 192 g/mol. The van der Waals surface area contributed by atoms with Crippen molar-refractivity contribution >= 4 is 0 Å². The zero-order valence-corrected chi connectivity index (χ0v) is 5.82. The van der Waals surface area contributed by atoms with Crippen molar-refractivity contribution in [3.63, 3.8) is 0 Å². The van der Waals surface area contributed by atoms with Gasteiger partial charge in [0, 0.05) is 0 Å². The zero-order valence-electron chi connectivity index (χ0n) is 5.82. The van der Waals surface area contributed by atoms with Crippen molar-refractivity contribution in [2.45, 2.75) is 30.9 Å². The molecular formula is C5H5F5O2. The molecule has 0 radical (unpaired) electrons. The molecule has 1 aliphatic rings. The van der Waals surface area contributed by atoms with Gasteiger partial charge in [-0.3, -0.25) is 0 Å². The van der Waals surface area contributed by atoms with Crippen LogP contribution in [0.2, 0.25) is 0 Å². The van der Waals surface area contributed by atoms with E-state index < -0.39 is 24.0 Å². The highest BCUT2D eigenvalue weighted by Gasteiger charge is 2.81. The van der Waals surface area contributed by atoms with E-state index in [1.54, 1.807) is 0 Å². The van der Waals surface area contributed by atoms with E-state index in [1.807, 2.05) is 0 Å². The van der Waals surface area contributed by atoms with Crippen LogP contribution in [0.3, 0.4) is 0 Å². The van der Waals surface area contributed by atoms with Crippen molar-refractivity contribution in [3.8, 4) is 0 Å². The van der Waals surface area contributed by atoms with Crippen molar-refractivity contribution in [2.75, 3.05) is 0 Å². The van der Waals surface area contributed by atoms with Gasteiger partial charge in [-0.2, -0.15) is 22.0 Å². The smallest absolute Gasteiger partial charge is 0.354 e. The number of alkyl halides is 5. The summed E-state index contributed by atoms with van der Waals surface area (Å²) in [5, 5.41) is 8.35. The lowest BCUT2D eigenvalue weighted by molar-refractivity contribution is -0.521. The van der Waals surface area contributed by atoms with E-state index in [9.17, 15) is 22.0 Å². The summed E-state index contributed by atoms with van der Waals surface area (Å²) in [5.41, 5.74) is 0. The molecule has 12 heavy (non-hydrogen) atoms. The predicted molar refractivity (Wildman–Crippen MR) is 26.5 cm³/mol. The molecule has 0 spiro atoms. The quantitative estimate of drug-likeness (QED) is 0.586. The van der Waals surface area contributed by atoms with Crippen LogP contribution in [-0.2, 0) is 4.74 Å². The number of hydrogen-bond donors (Lipinski definition) is 1. The largest absolute Gasteiger partial charge is 0.449 e. The van der Waals surface area contributed by atoms with Crippen LogP contribution in [0.1, 0.15) is 6.92 Å². The van der Waals surface area contributed by atoms with E-state index in [-0.39, 0.29) is 0 Å². The molecule has 0 bridgehead atoms. The van der Waals surface area contributed by atoms with Gasteiger partial charge in [0.1, 0.15) is 6.10 Å². The van der Waals surface area contributed by atoms with Crippen molar-refractivity contribution in [2.24, 2.45) is 0 Å². The van der Waals surface area contributed by atoms with Crippen LogP contribution in [0.15, 0.2) is 0 Å². The predicted octanol–water partition coefficient (Wildman–Crippen LogP) is 1.29. The van der Waals surface area contributed by atoms with Crippen LogP contribution in [0.5, 0.6) is 0 Å². The van der Waals surface area contributed by atoms with E-state index in [2.05, 4.69) is 4.74 Å². The molecule has 0 aromatic carbocycles. The Morgan fingerprint density at radius 3 is 1.83 bits per heavy atom. The van der Waals surface area contributed by atoms with Crippen LogP contribution in [0.4, 0.5) is 22.0 Å². The number of rotatable bonds is 0. The van der Waals surface area contributed by atoms with E-state index >= 15 is 0 Å². The fourth-order valence-electron chi connectivity index (χ4n) is 0.882. The highest BCUT2D eigenvalue weighted by atomic mass is 19.4. The first-order valence-electron chi connectivity index (χ1n) is 2.97. The lowest BCUT2D eigenvalue weighted by atomic mass is 9.96. The molecule has 1 fully saturated rings. The third-order valence-corrected chi connectivity index (χ3v) is 1.69. The standard InChI is InChI=1S/C5H5F5O2/c1-2-3(6,7)4(11,12-2)5(8,9)10/h2,11H,1H3. The summed E-state index contributed by atoms with van der Waals surface area (Å²) in [5.74, 6) is -8.58. The van der Waals surface area contributed by atoms with Crippen LogP contribution in [0.25, 0.3) is 0 Å². The summed E-state index contributed by atoms with van der Waals surface area (Å²) in [7, 11) is 0. The summed E-state index contributed by atoms with van der Waals surface area (Å²) >= 11 is 0. The summed E-state index contributed by atoms with van der Waals surface area (Å²) in [6.45, 7) is 0.750. The van der Waals surface area contributed by atoms with E-state index in [0.29, 0.717) is 0 Å². The summed E-state index contributed by atoms with van der Waals surface area (Å²) in [4.78, 5) is 0. The highest BCUT2D eigenvalue weighted by molar-refractivity contribution is 5.04. The molecule has 0 aromatic heterocycles. The van der Waals surface area contributed by atoms with Crippen LogP contribution in [-0.4, -0.2) is 29.1 Å². The van der Waals surface area contributed by atoms with Crippen molar-refractivity contribution in [3.05, 3.63) is 0 Å². The first-order chi connectivity index (χ1) is 5.13. The third kappa shape index (κ3) is 0.861. The van der Waals surface area contributed by atoms with E-state index in [4.69, 9.17) is 5.11 Å². The Morgan fingerprint density at radius 2 is 1.75 bits per heavy atom. The Balaban J connectivity index is 2.91. The lowest BCUT2D eigenvalue weighted by Gasteiger charge is -2.49. The molecule has 1 aliphatic heterocycles. The Labute approximate surface area is 63.9 Å². The molecule has 7 heteroatoms. The van der Waals surface area contributed by atoms with Crippen molar-refractivity contribution in [1.82, 2.24) is 0 Å². The molecule has 1 heterocycles. The van der Waals surface area contributed by atoms with Gasteiger partial charge in [-0.05, 0) is 6.92 Å². The normalized spacial score (nSPS) is 40.8. The van der Waals surface area contributed by atoms with Crippen molar-refractivity contribution < 1.29 is 31.8 Å². The summed E-state index contributed by atoms with van der Waals surface area (Å²) in [6.07, 6.45) is -7.38. The van der Waals surface area contributed by atoms with Gasteiger partial charge >= 0.3 is 17.9 Å². The maximum Gasteiger partial charge on any atom is 0.449 e. The van der Waals surface area contributed by atoms with Gasteiger partial charge in [0.2, 0.25) is 0 Å². The molecule has 1 rings (SSSR count). The summed E-state index contributed by atoms with van der Waals surface area (Å²) in [6, 6.07) is 0. The van der Waals surface area contributed by atoms with Crippen LogP contribution >= 0.6 is 0 Å². The maximum absolute atomic E-state index is 12.4. The second kappa shape index (κ2) is 2.08. The number of aliphatic hydroxyl groups is 1. The molecule has 1 saturated heterocycles. The number of ether oxygens (including phenoxy) is 1. The fraction of sp³-hybridized carbons (Fsp3) is 1.00. The molecule has 72 valence electrons. The van der Waals surface area contributed by atoms with E-state index in [1.165, 1.54) is 0 Å². The average Bonchev–Trinajstić information content (AvgIpc) is 1.85. The average molecular weight is 192 g/mol. The molecular weight excluding hydrogens is 187 g/mol. The van der Waals surface area contributed by atoms with Crippen molar-refractivity contribution in [1.29, 1.82) is 0 Å². The lowest BCUT2D eigenvalue weighted by Crippen LogP contribution is -2.75. The van der Waals surface area contributed by atoms with Crippen LogP contribution < -0.4 is 0 Å². The Hall–Kier alpha value is -0.430. The Bertz CT molecular complexity index is 201. The zero-order chi connectivity index (χ0) is 9.78. The second-order valence-corrected chi connectivity index (χ2v) is 2.52. The molecule has 0 amide bonds. The van der Waals surface area contributed by atoms with Gasteiger partial charge in [0.05, 0.1) is 0 Å². The Kier molecular flexibility index (Phi) is 1.67. The minimum absolute atomic E-state index is 0.750. The molecule has 2 unspecified atom stereocenters. The minimum Gasteiger partial charge on any atom is -0.354 e. The first kappa shape index (κ1) is 9.66. The number of hydrogen-bond acceptors (Lipinski definition) is 2. The van der Waals surface area contributed by atoms with Gasteiger partial charge < -0.3 is 9.84 Å². The molecule has 0 aliphatic carbocycles. The molecule has 0 aromatic rings. The Morgan fingerprint density at radius 1 is 1.33 bits per heavy atom. The molecule has 2 nitrogen and oxygen atoms in total. The SMILES string of the molecule is CC1OC(O)(C(F)(F)F)C1(F)F. The molecule has 1 N–H and O–H groups in total. The molecule has 0 saturated carbocycles. The van der Waals surface area contributed by atoms with Gasteiger partial charge in [0.25, 0.3) is 0 Å². The van der Waals surface area contributed by atoms with Gasteiger partial charge in [0.15, 0.2) is 0 Å². The highest BCUT2D eigenvalue weighted by Crippen LogP contribution is 2.53. The fourth-order valence-corrected chi connectivity index (χ4v) is 0.882. The topological polar surface area (TPSA) is 29.5 Å². The van der Waals surface area contributed by atoms with Gasteiger partial charge in [-0.15, -0.1) is 0 Å². The minimum atomic E-state index is -5.47. The molecule has 2 atom stereocenters. The first-order valence-corrected chi connectivity index (χ1v) is 2.97. The van der Waals surface area contributed by atoms with Gasteiger partial charge in [-0.1, -0.05) is 0 Å². The second-order valence-electron chi connectivity index (χ2n) is 2.52. The van der Waals surface area contributed by atoms with Gasteiger partial charge in [-0.25, -0.2) is 0 Å². The number of halogens is 5.